The van der Waals surface area contributed by atoms with Crippen molar-refractivity contribution in [2.45, 2.75) is 25.3 Å². The van der Waals surface area contributed by atoms with Crippen LogP contribution in [0.5, 0.6) is 0 Å². The van der Waals surface area contributed by atoms with Crippen molar-refractivity contribution in [2.75, 3.05) is 39.3 Å². The van der Waals surface area contributed by atoms with Crippen LogP contribution < -0.4 is 5.73 Å². The standard InChI is InChI=1S/C17H26FN3/c18-16-3-1-2-15(12-16)17(19)6-7-20-8-10-21(11-9-20)13-14-4-5-14/h1-3,12,14,17H,4-11,13,19H2. The Morgan fingerprint density at radius 1 is 1.14 bits per heavy atom. The normalized spacial score (nSPS) is 22.4. The summed E-state index contributed by atoms with van der Waals surface area (Å²) in [5.74, 6) is 0.787. The first kappa shape index (κ1) is 14.9. The van der Waals surface area contributed by atoms with Crippen LogP contribution in [-0.2, 0) is 0 Å². The SMILES string of the molecule is NC(CCN1CCN(CC2CC2)CC1)c1cccc(F)c1. The zero-order chi connectivity index (χ0) is 14.7. The highest BCUT2D eigenvalue weighted by Gasteiger charge is 2.26. The van der Waals surface area contributed by atoms with Gasteiger partial charge in [0.05, 0.1) is 0 Å². The Morgan fingerprint density at radius 3 is 2.52 bits per heavy atom. The highest BCUT2D eigenvalue weighted by atomic mass is 19.1. The molecule has 0 bridgehead atoms. The molecule has 0 radical (unpaired) electrons. The third-order valence-corrected chi connectivity index (χ3v) is 4.71. The van der Waals surface area contributed by atoms with Gasteiger partial charge < -0.3 is 15.5 Å². The van der Waals surface area contributed by atoms with Gasteiger partial charge in [-0.1, -0.05) is 12.1 Å². The molecule has 1 aliphatic carbocycles. The maximum atomic E-state index is 13.2. The lowest BCUT2D eigenvalue weighted by atomic mass is 10.0. The third kappa shape index (κ3) is 4.50. The van der Waals surface area contributed by atoms with Crippen LogP contribution in [0.4, 0.5) is 4.39 Å². The van der Waals surface area contributed by atoms with Gasteiger partial charge in [-0.15, -0.1) is 0 Å². The van der Waals surface area contributed by atoms with Crippen LogP contribution >= 0.6 is 0 Å². The largest absolute Gasteiger partial charge is 0.324 e. The Balaban J connectivity index is 1.39. The molecule has 2 N–H and O–H groups in total. The molecule has 4 heteroatoms. The van der Waals surface area contributed by atoms with E-state index in [0.29, 0.717) is 0 Å². The summed E-state index contributed by atoms with van der Waals surface area (Å²) in [6, 6.07) is 6.61. The van der Waals surface area contributed by atoms with Crippen LogP contribution in [0.1, 0.15) is 30.9 Å². The van der Waals surface area contributed by atoms with Gasteiger partial charge in [0, 0.05) is 45.3 Å². The monoisotopic (exact) mass is 291 g/mol. The van der Waals surface area contributed by atoms with Crippen molar-refractivity contribution in [1.29, 1.82) is 0 Å². The second-order valence-electron chi connectivity index (χ2n) is 6.54. The summed E-state index contributed by atoms with van der Waals surface area (Å²) < 4.78 is 13.2. The number of halogens is 1. The van der Waals surface area contributed by atoms with Crippen molar-refractivity contribution in [3.05, 3.63) is 35.6 Å². The first-order valence-electron chi connectivity index (χ1n) is 8.16. The lowest BCUT2D eigenvalue weighted by molar-refractivity contribution is 0.126. The number of hydrogen-bond acceptors (Lipinski definition) is 3. The first-order chi connectivity index (χ1) is 10.2. The van der Waals surface area contributed by atoms with E-state index in [2.05, 4.69) is 9.80 Å². The van der Waals surface area contributed by atoms with Crippen molar-refractivity contribution < 1.29 is 4.39 Å². The molecule has 3 rings (SSSR count). The van der Waals surface area contributed by atoms with Gasteiger partial charge in [-0.05, 0) is 42.9 Å². The molecular formula is C17H26FN3. The summed E-state index contributed by atoms with van der Waals surface area (Å²) in [5.41, 5.74) is 7.08. The zero-order valence-corrected chi connectivity index (χ0v) is 12.7. The van der Waals surface area contributed by atoms with E-state index < -0.39 is 0 Å². The van der Waals surface area contributed by atoms with Gasteiger partial charge in [-0.3, -0.25) is 0 Å². The maximum absolute atomic E-state index is 13.2. The molecule has 21 heavy (non-hydrogen) atoms. The Kier molecular flexibility index (Phi) is 4.88. The molecule has 1 atom stereocenters. The van der Waals surface area contributed by atoms with Crippen molar-refractivity contribution in [3.63, 3.8) is 0 Å². The van der Waals surface area contributed by atoms with Crippen LogP contribution in [0.25, 0.3) is 0 Å². The molecule has 1 aromatic carbocycles. The quantitative estimate of drug-likeness (QED) is 0.872. The van der Waals surface area contributed by atoms with Gasteiger partial charge in [-0.2, -0.15) is 0 Å². The van der Waals surface area contributed by atoms with E-state index >= 15 is 0 Å². The van der Waals surface area contributed by atoms with Crippen molar-refractivity contribution >= 4 is 0 Å². The number of benzene rings is 1. The summed E-state index contributed by atoms with van der Waals surface area (Å²) >= 11 is 0. The van der Waals surface area contributed by atoms with Gasteiger partial charge in [0.15, 0.2) is 0 Å². The number of rotatable bonds is 6. The van der Waals surface area contributed by atoms with Gasteiger partial charge >= 0.3 is 0 Å². The molecule has 1 aromatic rings. The summed E-state index contributed by atoms with van der Waals surface area (Å²) in [7, 11) is 0. The van der Waals surface area contributed by atoms with E-state index in [1.807, 2.05) is 6.07 Å². The minimum absolute atomic E-state index is 0.0646. The van der Waals surface area contributed by atoms with Gasteiger partial charge in [-0.25, -0.2) is 4.39 Å². The van der Waals surface area contributed by atoms with Crippen molar-refractivity contribution in [2.24, 2.45) is 11.7 Å². The Hall–Kier alpha value is -0.970. The molecule has 0 amide bonds. The van der Waals surface area contributed by atoms with Crippen LogP contribution in [0.2, 0.25) is 0 Å². The van der Waals surface area contributed by atoms with Crippen LogP contribution in [0, 0.1) is 11.7 Å². The van der Waals surface area contributed by atoms with E-state index in [-0.39, 0.29) is 11.9 Å². The maximum Gasteiger partial charge on any atom is 0.123 e. The van der Waals surface area contributed by atoms with E-state index in [0.717, 1.165) is 37.5 Å². The van der Waals surface area contributed by atoms with E-state index in [1.54, 1.807) is 12.1 Å². The molecule has 0 aromatic heterocycles. The lowest BCUT2D eigenvalue weighted by Gasteiger charge is -2.35. The Bertz CT molecular complexity index is 453. The summed E-state index contributed by atoms with van der Waals surface area (Å²) in [6.07, 6.45) is 3.76. The molecule has 3 nitrogen and oxygen atoms in total. The average Bonchev–Trinajstić information content (AvgIpc) is 3.30. The highest BCUT2D eigenvalue weighted by molar-refractivity contribution is 5.19. The van der Waals surface area contributed by atoms with Crippen LogP contribution in [0.15, 0.2) is 24.3 Å². The van der Waals surface area contributed by atoms with E-state index in [1.165, 1.54) is 38.5 Å². The Morgan fingerprint density at radius 2 is 1.86 bits per heavy atom. The zero-order valence-electron chi connectivity index (χ0n) is 12.7. The summed E-state index contributed by atoms with van der Waals surface area (Å²) in [5, 5.41) is 0. The first-order valence-corrected chi connectivity index (χ1v) is 8.16. The fraction of sp³-hybridized carbons (Fsp3) is 0.647. The number of piperazine rings is 1. The third-order valence-electron chi connectivity index (χ3n) is 4.71. The van der Waals surface area contributed by atoms with Crippen LogP contribution in [0.3, 0.4) is 0 Å². The molecule has 1 saturated carbocycles. The molecule has 0 spiro atoms. The second-order valence-corrected chi connectivity index (χ2v) is 6.54. The fourth-order valence-electron chi connectivity index (χ4n) is 3.09. The smallest absolute Gasteiger partial charge is 0.123 e. The number of hydrogen-bond donors (Lipinski definition) is 1. The van der Waals surface area contributed by atoms with E-state index in [9.17, 15) is 4.39 Å². The molecule has 2 fully saturated rings. The highest BCUT2D eigenvalue weighted by Crippen LogP contribution is 2.29. The molecule has 1 aliphatic heterocycles. The average molecular weight is 291 g/mol. The molecular weight excluding hydrogens is 265 g/mol. The second kappa shape index (κ2) is 6.86. The molecule has 1 unspecified atom stereocenters. The Labute approximate surface area is 126 Å². The summed E-state index contributed by atoms with van der Waals surface area (Å²) in [6.45, 7) is 6.97. The molecule has 1 heterocycles. The number of nitrogens with zero attached hydrogens (tertiary/aromatic N) is 2. The van der Waals surface area contributed by atoms with Gasteiger partial charge in [0.1, 0.15) is 5.82 Å². The molecule has 116 valence electrons. The fourth-order valence-corrected chi connectivity index (χ4v) is 3.09. The van der Waals surface area contributed by atoms with Crippen molar-refractivity contribution in [1.82, 2.24) is 9.80 Å². The molecule has 2 aliphatic rings. The van der Waals surface area contributed by atoms with E-state index in [4.69, 9.17) is 5.73 Å². The predicted molar refractivity (Wildman–Crippen MR) is 83.5 cm³/mol. The lowest BCUT2D eigenvalue weighted by Crippen LogP contribution is -2.47. The topological polar surface area (TPSA) is 32.5 Å². The van der Waals surface area contributed by atoms with Crippen molar-refractivity contribution in [3.8, 4) is 0 Å². The molecule has 1 saturated heterocycles. The van der Waals surface area contributed by atoms with Gasteiger partial charge in [0.2, 0.25) is 0 Å². The summed E-state index contributed by atoms with van der Waals surface area (Å²) in [4.78, 5) is 5.09. The minimum atomic E-state index is -0.198. The van der Waals surface area contributed by atoms with Crippen LogP contribution in [-0.4, -0.2) is 49.1 Å². The van der Waals surface area contributed by atoms with Gasteiger partial charge in [0.25, 0.3) is 0 Å². The minimum Gasteiger partial charge on any atom is -0.324 e. The number of nitrogens with two attached hydrogens (primary N) is 1. The predicted octanol–water partition coefficient (Wildman–Crippen LogP) is 2.24.